The average Bonchev–Trinajstić information content (AvgIpc) is 2.84. The van der Waals surface area contributed by atoms with Gasteiger partial charge in [0.25, 0.3) is 0 Å². The number of benzene rings is 2. The van der Waals surface area contributed by atoms with Gasteiger partial charge in [0.1, 0.15) is 18.5 Å². The minimum Gasteiger partial charge on any atom is -0.491 e. The number of ether oxygens (including phenoxy) is 2. The van der Waals surface area contributed by atoms with Gasteiger partial charge in [-0.25, -0.2) is 0 Å². The molecule has 0 saturated carbocycles. The first-order valence-electron chi connectivity index (χ1n) is 10.8. The first-order chi connectivity index (χ1) is 15.7. The maximum absolute atomic E-state index is 8.89. The van der Waals surface area contributed by atoms with E-state index in [-0.39, 0.29) is 6.10 Å². The van der Waals surface area contributed by atoms with Crippen LogP contribution >= 0.6 is 0 Å². The summed E-state index contributed by atoms with van der Waals surface area (Å²) in [5, 5.41) is 17.8. The average molecular weight is 429 g/mol. The molecular weight excluding hydrogens is 400 g/mol. The van der Waals surface area contributed by atoms with Crippen molar-refractivity contribution in [1.29, 1.82) is 10.5 Å². The molecule has 6 nitrogen and oxygen atoms in total. The number of nitriles is 2. The van der Waals surface area contributed by atoms with Gasteiger partial charge in [-0.2, -0.15) is 10.5 Å². The van der Waals surface area contributed by atoms with Gasteiger partial charge < -0.3 is 14.4 Å². The summed E-state index contributed by atoms with van der Waals surface area (Å²) in [6.07, 6.45) is 6.34. The Labute approximate surface area is 190 Å². The molecule has 1 aliphatic rings. The lowest BCUT2D eigenvalue weighted by Crippen LogP contribution is -2.44. The van der Waals surface area contributed by atoms with Crippen LogP contribution in [0.4, 0.5) is 5.69 Å². The van der Waals surface area contributed by atoms with Gasteiger partial charge in [-0.1, -0.05) is 24.1 Å². The molecule has 1 aliphatic heterocycles. The molecule has 1 saturated heterocycles. The first-order valence-corrected chi connectivity index (χ1v) is 10.8. The molecule has 0 amide bonds. The van der Waals surface area contributed by atoms with Crippen molar-refractivity contribution in [2.24, 2.45) is 0 Å². The van der Waals surface area contributed by atoms with Crippen molar-refractivity contribution in [3.05, 3.63) is 59.7 Å². The van der Waals surface area contributed by atoms with Crippen LogP contribution in [0.2, 0.25) is 0 Å². The second kappa shape index (κ2) is 12.4. The Bertz CT molecular complexity index is 967. The molecule has 164 valence electrons. The molecule has 1 atom stereocenters. The van der Waals surface area contributed by atoms with Gasteiger partial charge in [-0.3, -0.25) is 4.90 Å². The molecule has 0 aromatic heterocycles. The summed E-state index contributed by atoms with van der Waals surface area (Å²) in [4.78, 5) is 4.46. The maximum Gasteiger partial charge on any atom is 0.120 e. The fourth-order valence-corrected chi connectivity index (χ4v) is 3.70. The number of morpholine rings is 1. The highest BCUT2D eigenvalue weighted by molar-refractivity contribution is 5.48. The van der Waals surface area contributed by atoms with Crippen molar-refractivity contribution >= 4 is 5.69 Å². The molecule has 1 unspecified atom stereocenters. The number of terminal acetylenes is 1. The van der Waals surface area contributed by atoms with E-state index in [1.165, 1.54) is 5.56 Å². The summed E-state index contributed by atoms with van der Waals surface area (Å²) < 4.78 is 11.8. The molecule has 2 aromatic carbocycles. The van der Waals surface area contributed by atoms with E-state index < -0.39 is 0 Å². The number of hydrogen-bond acceptors (Lipinski definition) is 6. The molecule has 0 bridgehead atoms. The monoisotopic (exact) mass is 428 g/mol. The summed E-state index contributed by atoms with van der Waals surface area (Å²) in [5.74, 6) is 3.38. The Balaban J connectivity index is 1.52. The quantitative estimate of drug-likeness (QED) is 0.539. The van der Waals surface area contributed by atoms with E-state index in [4.69, 9.17) is 26.4 Å². The van der Waals surface area contributed by atoms with Crippen molar-refractivity contribution in [2.45, 2.75) is 25.5 Å². The summed E-state index contributed by atoms with van der Waals surface area (Å²) in [7, 11) is 0. The molecule has 0 aliphatic carbocycles. The lowest BCUT2D eigenvalue weighted by molar-refractivity contribution is -0.0504. The molecule has 0 N–H and O–H groups in total. The predicted molar refractivity (Wildman–Crippen MR) is 124 cm³/mol. The highest BCUT2D eigenvalue weighted by atomic mass is 16.5. The van der Waals surface area contributed by atoms with Gasteiger partial charge in [0, 0.05) is 44.0 Å². The minimum absolute atomic E-state index is 0.00460. The van der Waals surface area contributed by atoms with Crippen LogP contribution in [0, 0.1) is 35.0 Å². The van der Waals surface area contributed by atoms with Crippen molar-refractivity contribution < 1.29 is 9.47 Å². The van der Waals surface area contributed by atoms with Gasteiger partial charge in [-0.15, -0.1) is 6.42 Å². The van der Waals surface area contributed by atoms with Gasteiger partial charge in [0.2, 0.25) is 0 Å². The van der Waals surface area contributed by atoms with Crippen molar-refractivity contribution in [3.63, 3.8) is 0 Å². The third kappa shape index (κ3) is 7.03. The van der Waals surface area contributed by atoms with Crippen molar-refractivity contribution in [2.75, 3.05) is 44.3 Å². The highest BCUT2D eigenvalue weighted by Crippen LogP contribution is 2.19. The molecule has 2 aromatic rings. The van der Waals surface area contributed by atoms with Crippen LogP contribution in [-0.2, 0) is 11.3 Å². The number of rotatable bonds is 10. The third-order valence-corrected chi connectivity index (χ3v) is 5.35. The normalized spacial score (nSPS) is 15.8. The first kappa shape index (κ1) is 23.2. The fourth-order valence-electron chi connectivity index (χ4n) is 3.70. The molecule has 0 radical (unpaired) electrons. The number of hydrogen-bond donors (Lipinski definition) is 0. The van der Waals surface area contributed by atoms with Crippen LogP contribution in [-0.4, -0.2) is 50.4 Å². The summed E-state index contributed by atoms with van der Waals surface area (Å²) in [5.41, 5.74) is 3.07. The van der Waals surface area contributed by atoms with Crippen LogP contribution in [0.15, 0.2) is 48.5 Å². The summed E-state index contributed by atoms with van der Waals surface area (Å²) >= 11 is 0. The van der Waals surface area contributed by atoms with Crippen LogP contribution in [0.5, 0.6) is 5.75 Å². The zero-order chi connectivity index (χ0) is 22.6. The molecule has 6 heteroatoms. The van der Waals surface area contributed by atoms with E-state index in [1.54, 1.807) is 0 Å². The van der Waals surface area contributed by atoms with E-state index in [1.807, 2.05) is 24.3 Å². The fraction of sp³-hybridized carbons (Fsp3) is 0.385. The molecule has 3 rings (SSSR count). The smallest absolute Gasteiger partial charge is 0.120 e. The Morgan fingerprint density at radius 2 is 1.84 bits per heavy atom. The standard InChI is InChI=1S/C26H28N4O2/c1-2-22-6-3-7-25(18-22)32-21-26-20-29(16-17-31-26)19-23-8-10-24(11-9-23)30(14-4-12-27)15-5-13-28/h1,3,6-11,18,26H,4-5,14-17,19-21H2. The Morgan fingerprint density at radius 3 is 2.53 bits per heavy atom. The molecule has 32 heavy (non-hydrogen) atoms. The van der Waals surface area contributed by atoms with Gasteiger partial charge in [0.05, 0.1) is 31.6 Å². The van der Waals surface area contributed by atoms with Gasteiger partial charge in [-0.05, 0) is 35.9 Å². The molecule has 1 fully saturated rings. The van der Waals surface area contributed by atoms with Gasteiger partial charge >= 0.3 is 0 Å². The van der Waals surface area contributed by atoms with Crippen molar-refractivity contribution in [3.8, 4) is 30.2 Å². The highest BCUT2D eigenvalue weighted by Gasteiger charge is 2.21. The SMILES string of the molecule is C#Cc1cccc(OCC2CN(Cc3ccc(N(CCC#N)CCC#N)cc3)CCO2)c1. The minimum atomic E-state index is 0.00460. The van der Waals surface area contributed by atoms with E-state index in [0.717, 1.165) is 36.6 Å². The van der Waals surface area contributed by atoms with E-state index in [2.05, 4.69) is 52.1 Å². The predicted octanol–water partition coefficient (Wildman–Crippen LogP) is 3.58. The van der Waals surface area contributed by atoms with Crippen LogP contribution in [0.25, 0.3) is 0 Å². The third-order valence-electron chi connectivity index (χ3n) is 5.35. The summed E-state index contributed by atoms with van der Waals surface area (Å²) in [6.45, 7) is 4.93. The van der Waals surface area contributed by atoms with E-state index >= 15 is 0 Å². The van der Waals surface area contributed by atoms with Gasteiger partial charge in [0.15, 0.2) is 0 Å². The Morgan fingerprint density at radius 1 is 1.09 bits per heavy atom. The van der Waals surface area contributed by atoms with E-state index in [9.17, 15) is 0 Å². The largest absolute Gasteiger partial charge is 0.491 e. The number of anilines is 1. The Kier molecular flexibility index (Phi) is 8.96. The van der Waals surface area contributed by atoms with Crippen LogP contribution in [0.3, 0.4) is 0 Å². The molecule has 1 heterocycles. The second-order valence-corrected chi connectivity index (χ2v) is 7.68. The lowest BCUT2D eigenvalue weighted by atomic mass is 10.1. The zero-order valence-electron chi connectivity index (χ0n) is 18.2. The second-order valence-electron chi connectivity index (χ2n) is 7.68. The lowest BCUT2D eigenvalue weighted by Gasteiger charge is -2.33. The maximum atomic E-state index is 8.89. The van der Waals surface area contributed by atoms with Crippen molar-refractivity contribution in [1.82, 2.24) is 4.90 Å². The summed E-state index contributed by atoms with van der Waals surface area (Å²) in [6, 6.07) is 20.3. The molecular formula is C26H28N4O2. The molecule has 0 spiro atoms. The Hall–Kier alpha value is -3.50. The number of nitrogens with zero attached hydrogens (tertiary/aromatic N) is 4. The zero-order valence-corrected chi connectivity index (χ0v) is 18.2. The van der Waals surface area contributed by atoms with Crippen LogP contribution < -0.4 is 9.64 Å². The van der Waals surface area contributed by atoms with E-state index in [0.29, 0.717) is 39.1 Å². The van der Waals surface area contributed by atoms with Crippen LogP contribution in [0.1, 0.15) is 24.0 Å². The topological polar surface area (TPSA) is 72.5 Å².